The first-order valence-electron chi connectivity index (χ1n) is 15.1. The number of para-hydroxylation sites is 1. The Labute approximate surface area is 252 Å². The summed E-state index contributed by atoms with van der Waals surface area (Å²) < 4.78 is 18.3. The number of likely N-dealkylation sites (tertiary alicyclic amines) is 1. The fraction of sp³-hybridized carbons (Fsp3) is 0.531. The van der Waals surface area contributed by atoms with E-state index in [1.165, 1.54) is 6.08 Å². The maximum atomic E-state index is 14.4. The van der Waals surface area contributed by atoms with E-state index in [2.05, 4.69) is 29.5 Å². The van der Waals surface area contributed by atoms with E-state index in [9.17, 15) is 14.9 Å². The molecule has 2 unspecified atom stereocenters. The summed E-state index contributed by atoms with van der Waals surface area (Å²) in [7, 11) is 3.68. The van der Waals surface area contributed by atoms with E-state index in [4.69, 9.17) is 24.2 Å². The SMILES string of the molecule is C=CC(=O)N1CCN(c2nc(OCC3CCCN3C)nc3c2CC[C@@]2(CCc4cccc(OC)c4O2)C3=O)CC1CC#N. The van der Waals surface area contributed by atoms with Crippen LogP contribution in [0.25, 0.3) is 0 Å². The Morgan fingerprint density at radius 2 is 2.07 bits per heavy atom. The molecule has 0 N–H and O–H groups in total. The summed E-state index contributed by atoms with van der Waals surface area (Å²) in [4.78, 5) is 42.5. The smallest absolute Gasteiger partial charge is 0.319 e. The van der Waals surface area contributed by atoms with Crippen LogP contribution in [0.1, 0.15) is 53.7 Å². The molecular weight excluding hydrogens is 548 g/mol. The normalized spacial score (nSPS) is 25.0. The average molecular weight is 587 g/mol. The van der Waals surface area contributed by atoms with Crippen LogP contribution in [0, 0.1) is 11.3 Å². The second-order valence-electron chi connectivity index (χ2n) is 11.8. The largest absolute Gasteiger partial charge is 0.493 e. The predicted octanol–water partition coefficient (Wildman–Crippen LogP) is 2.97. The topological polar surface area (TPSA) is 121 Å². The van der Waals surface area contributed by atoms with Gasteiger partial charge in [0, 0.05) is 31.2 Å². The summed E-state index contributed by atoms with van der Waals surface area (Å²) in [6.07, 6.45) is 5.86. The molecule has 1 spiro atoms. The number of amides is 1. The second-order valence-corrected chi connectivity index (χ2v) is 11.8. The van der Waals surface area contributed by atoms with E-state index in [0.717, 1.165) is 30.5 Å². The molecule has 2 aromatic rings. The highest BCUT2D eigenvalue weighted by molar-refractivity contribution is 6.04. The fourth-order valence-electron chi connectivity index (χ4n) is 6.90. The van der Waals surface area contributed by atoms with Gasteiger partial charge in [-0.3, -0.25) is 9.59 Å². The molecule has 43 heavy (non-hydrogen) atoms. The molecular formula is C32H38N6O5. The van der Waals surface area contributed by atoms with Gasteiger partial charge in [0.1, 0.15) is 18.1 Å². The lowest BCUT2D eigenvalue weighted by atomic mass is 9.76. The number of carbonyl (C=O) groups is 2. The zero-order valence-electron chi connectivity index (χ0n) is 24.9. The van der Waals surface area contributed by atoms with Gasteiger partial charge in [0.25, 0.3) is 0 Å². The number of benzene rings is 1. The van der Waals surface area contributed by atoms with Crippen molar-refractivity contribution < 1.29 is 23.8 Å². The first-order valence-corrected chi connectivity index (χ1v) is 15.1. The Bertz CT molecular complexity index is 1460. The molecule has 2 fully saturated rings. The predicted molar refractivity (Wildman–Crippen MR) is 159 cm³/mol. The number of anilines is 1. The number of ketones is 1. The van der Waals surface area contributed by atoms with Crippen molar-refractivity contribution in [2.24, 2.45) is 0 Å². The van der Waals surface area contributed by atoms with Gasteiger partial charge in [-0.15, -0.1) is 0 Å². The number of rotatable bonds is 7. The van der Waals surface area contributed by atoms with Crippen LogP contribution in [-0.4, -0.2) is 96.1 Å². The lowest BCUT2D eigenvalue weighted by molar-refractivity contribution is -0.128. The molecule has 1 aliphatic carbocycles. The molecule has 0 radical (unpaired) electrons. The van der Waals surface area contributed by atoms with Crippen LogP contribution < -0.4 is 19.1 Å². The van der Waals surface area contributed by atoms with Gasteiger partial charge < -0.3 is 28.9 Å². The number of likely N-dealkylation sites (N-methyl/N-ethyl adjacent to an activating group) is 1. The van der Waals surface area contributed by atoms with Gasteiger partial charge in [-0.25, -0.2) is 0 Å². The van der Waals surface area contributed by atoms with Crippen LogP contribution >= 0.6 is 0 Å². The summed E-state index contributed by atoms with van der Waals surface area (Å²) in [5, 5.41) is 9.51. The molecule has 3 atom stereocenters. The molecule has 2 saturated heterocycles. The quantitative estimate of drug-likeness (QED) is 0.448. The second kappa shape index (κ2) is 11.8. The van der Waals surface area contributed by atoms with E-state index < -0.39 is 5.60 Å². The molecule has 0 saturated carbocycles. The minimum Gasteiger partial charge on any atom is -0.493 e. The summed E-state index contributed by atoms with van der Waals surface area (Å²) in [5.74, 6) is 1.48. The van der Waals surface area contributed by atoms with Crippen molar-refractivity contribution in [3.05, 3.63) is 47.7 Å². The Hall–Kier alpha value is -4.17. The summed E-state index contributed by atoms with van der Waals surface area (Å²) in [6, 6.07) is 8.09. The fourth-order valence-corrected chi connectivity index (χ4v) is 6.90. The van der Waals surface area contributed by atoms with Crippen LogP contribution in [0.4, 0.5) is 5.82 Å². The van der Waals surface area contributed by atoms with Crippen molar-refractivity contribution in [1.29, 1.82) is 5.26 Å². The van der Waals surface area contributed by atoms with Gasteiger partial charge in [0.2, 0.25) is 11.7 Å². The molecule has 4 aliphatic rings. The van der Waals surface area contributed by atoms with Crippen molar-refractivity contribution in [3.8, 4) is 23.6 Å². The third-order valence-corrected chi connectivity index (χ3v) is 9.39. The van der Waals surface area contributed by atoms with Crippen molar-refractivity contribution >= 4 is 17.5 Å². The van der Waals surface area contributed by atoms with Gasteiger partial charge in [-0.1, -0.05) is 18.7 Å². The highest BCUT2D eigenvalue weighted by Gasteiger charge is 2.50. The first kappa shape index (κ1) is 28.9. The van der Waals surface area contributed by atoms with E-state index in [-0.39, 0.29) is 36.2 Å². The number of hydrogen-bond donors (Lipinski definition) is 0. The van der Waals surface area contributed by atoms with Crippen molar-refractivity contribution in [2.75, 3.05) is 51.8 Å². The van der Waals surface area contributed by atoms with Crippen molar-refractivity contribution in [3.63, 3.8) is 0 Å². The Kier molecular flexibility index (Phi) is 7.97. The number of piperazine rings is 1. The van der Waals surface area contributed by atoms with E-state index in [0.29, 0.717) is 74.9 Å². The summed E-state index contributed by atoms with van der Waals surface area (Å²) >= 11 is 0. The van der Waals surface area contributed by atoms with Gasteiger partial charge in [0.15, 0.2) is 17.1 Å². The molecule has 1 aromatic heterocycles. The van der Waals surface area contributed by atoms with E-state index >= 15 is 0 Å². The summed E-state index contributed by atoms with van der Waals surface area (Å²) in [6.45, 7) is 6.38. The zero-order valence-corrected chi connectivity index (χ0v) is 24.9. The van der Waals surface area contributed by atoms with E-state index in [1.807, 2.05) is 18.2 Å². The molecule has 11 heteroatoms. The van der Waals surface area contributed by atoms with Crippen LogP contribution in [0.5, 0.6) is 17.5 Å². The third kappa shape index (κ3) is 5.29. The molecule has 226 valence electrons. The van der Waals surface area contributed by atoms with Crippen molar-refractivity contribution in [1.82, 2.24) is 19.8 Å². The van der Waals surface area contributed by atoms with Gasteiger partial charge in [-0.05, 0) is 69.8 Å². The lowest BCUT2D eigenvalue weighted by Gasteiger charge is -2.43. The number of nitrogens with zero attached hydrogens (tertiary/aromatic N) is 6. The van der Waals surface area contributed by atoms with E-state index in [1.54, 1.807) is 12.0 Å². The third-order valence-electron chi connectivity index (χ3n) is 9.39. The maximum Gasteiger partial charge on any atom is 0.319 e. The molecule has 0 bridgehead atoms. The van der Waals surface area contributed by atoms with Crippen molar-refractivity contribution in [2.45, 2.75) is 62.6 Å². The molecule has 3 aliphatic heterocycles. The number of carbonyl (C=O) groups excluding carboxylic acids is 2. The Balaban J connectivity index is 1.36. The highest BCUT2D eigenvalue weighted by Crippen LogP contribution is 2.46. The number of nitriles is 1. The Morgan fingerprint density at radius 3 is 2.81 bits per heavy atom. The lowest BCUT2D eigenvalue weighted by Crippen LogP contribution is -2.55. The number of aromatic nitrogens is 2. The number of fused-ring (bicyclic) bond motifs is 2. The molecule has 11 nitrogen and oxygen atoms in total. The average Bonchev–Trinajstić information content (AvgIpc) is 3.45. The Morgan fingerprint density at radius 1 is 1.23 bits per heavy atom. The molecule has 1 amide bonds. The minimum atomic E-state index is -1.05. The number of ether oxygens (including phenoxy) is 3. The standard InChI is InChI=1S/C32H38N6O5/c1-4-26(39)38-18-17-37(19-22(38)12-15-33)30-24-11-14-32(13-10-21-7-5-9-25(41-3)28(21)43-32)29(40)27(24)34-31(35-30)42-20-23-8-6-16-36(23)2/h4-5,7,9,22-23H,1,6,8,10-14,16-20H2,2-3H3/t22?,23?,32-/m0/s1. The molecule has 4 heterocycles. The number of aryl methyl sites for hydroxylation is 1. The molecule has 1 aromatic carbocycles. The molecule has 6 rings (SSSR count). The maximum absolute atomic E-state index is 14.4. The highest BCUT2D eigenvalue weighted by atomic mass is 16.5. The van der Waals surface area contributed by atoms with Crippen LogP contribution in [-0.2, 0) is 17.6 Å². The van der Waals surface area contributed by atoms with Crippen LogP contribution in [0.2, 0.25) is 0 Å². The monoisotopic (exact) mass is 586 g/mol. The zero-order chi connectivity index (χ0) is 30.1. The van der Waals surface area contributed by atoms with Gasteiger partial charge in [0.05, 0.1) is 25.6 Å². The number of methoxy groups -OCH3 is 1. The number of Topliss-reactive ketones (excluding diaryl/α,β-unsaturated/α-hetero) is 1. The van der Waals surface area contributed by atoms with Gasteiger partial charge in [-0.2, -0.15) is 15.2 Å². The van der Waals surface area contributed by atoms with Gasteiger partial charge >= 0.3 is 6.01 Å². The number of hydrogen-bond acceptors (Lipinski definition) is 10. The van der Waals surface area contributed by atoms with Crippen LogP contribution in [0.3, 0.4) is 0 Å². The van der Waals surface area contributed by atoms with Crippen LogP contribution in [0.15, 0.2) is 30.9 Å². The minimum absolute atomic E-state index is 0.162. The summed E-state index contributed by atoms with van der Waals surface area (Å²) in [5.41, 5.74) is 1.05. The first-order chi connectivity index (χ1) is 20.9.